The molecule has 0 unspecified atom stereocenters. The molecule has 0 radical (unpaired) electrons. The number of hydrogen-bond donors (Lipinski definition) is 2. The van der Waals surface area contributed by atoms with Crippen LogP contribution in [-0.2, 0) is 16.6 Å². The van der Waals surface area contributed by atoms with Gasteiger partial charge < -0.3 is 5.73 Å². The number of anilines is 1. The van der Waals surface area contributed by atoms with Gasteiger partial charge in [0.1, 0.15) is 10.7 Å². The lowest BCUT2D eigenvalue weighted by Gasteiger charge is -2.09. The largest absolute Gasteiger partial charge is 0.398 e. The van der Waals surface area contributed by atoms with Gasteiger partial charge in [0.2, 0.25) is 10.0 Å². The van der Waals surface area contributed by atoms with Crippen molar-refractivity contribution < 1.29 is 12.8 Å². The van der Waals surface area contributed by atoms with Gasteiger partial charge in [-0.1, -0.05) is 0 Å². The van der Waals surface area contributed by atoms with Crippen LogP contribution in [0.25, 0.3) is 0 Å². The van der Waals surface area contributed by atoms with Gasteiger partial charge in [-0.15, -0.1) is 11.3 Å². The number of nitrogens with one attached hydrogen (secondary N) is 1. The molecule has 0 amide bonds. The molecule has 0 aliphatic carbocycles. The van der Waals surface area contributed by atoms with E-state index in [1.165, 1.54) is 11.3 Å². The zero-order valence-corrected chi connectivity index (χ0v) is 14.6. The Morgan fingerprint density at radius 2 is 2.00 bits per heavy atom. The van der Waals surface area contributed by atoms with Gasteiger partial charge in [-0.25, -0.2) is 17.5 Å². The topological polar surface area (TPSA) is 72.2 Å². The van der Waals surface area contributed by atoms with Crippen molar-refractivity contribution in [3.8, 4) is 0 Å². The summed E-state index contributed by atoms with van der Waals surface area (Å²) in [5, 5.41) is 0. The van der Waals surface area contributed by atoms with E-state index in [9.17, 15) is 12.8 Å². The molecule has 4 nitrogen and oxygen atoms in total. The highest BCUT2D eigenvalue weighted by Gasteiger charge is 2.20. The third-order valence-corrected chi connectivity index (χ3v) is 6.21. The molecule has 0 saturated heterocycles. The lowest BCUT2D eigenvalue weighted by molar-refractivity contribution is 0.581. The highest BCUT2D eigenvalue weighted by molar-refractivity contribution is 9.10. The van der Waals surface area contributed by atoms with Gasteiger partial charge in [-0.2, -0.15) is 0 Å². The monoisotopic (exact) mass is 392 g/mol. The molecular weight excluding hydrogens is 379 g/mol. The minimum absolute atomic E-state index is 0.0555. The van der Waals surface area contributed by atoms with Crippen molar-refractivity contribution in [2.45, 2.75) is 25.3 Å². The molecule has 114 valence electrons. The summed E-state index contributed by atoms with van der Waals surface area (Å²) in [6, 6.07) is 4.09. The summed E-state index contributed by atoms with van der Waals surface area (Å²) in [5.74, 6) is -0.601. The summed E-state index contributed by atoms with van der Waals surface area (Å²) in [6.45, 7) is 4.13. The number of sulfonamides is 1. The van der Waals surface area contributed by atoms with Crippen molar-refractivity contribution in [3.63, 3.8) is 0 Å². The van der Waals surface area contributed by atoms with Crippen LogP contribution in [0.3, 0.4) is 0 Å². The highest BCUT2D eigenvalue weighted by atomic mass is 79.9. The molecule has 21 heavy (non-hydrogen) atoms. The SMILES string of the molecule is Cc1cc(CNS(=O)(=O)c2cc(Br)c(F)cc2N)sc1C. The maximum Gasteiger partial charge on any atom is 0.242 e. The average Bonchev–Trinajstić information content (AvgIpc) is 2.71. The minimum atomic E-state index is -3.80. The van der Waals surface area contributed by atoms with Crippen LogP contribution in [0.2, 0.25) is 0 Å². The van der Waals surface area contributed by atoms with E-state index in [1.54, 1.807) is 0 Å². The second-order valence-corrected chi connectivity index (χ2v) is 8.51. The van der Waals surface area contributed by atoms with E-state index in [2.05, 4.69) is 20.7 Å². The second-order valence-electron chi connectivity index (χ2n) is 4.58. The lowest BCUT2D eigenvalue weighted by Crippen LogP contribution is -2.24. The zero-order valence-electron chi connectivity index (χ0n) is 11.4. The van der Waals surface area contributed by atoms with Crippen LogP contribution in [0.4, 0.5) is 10.1 Å². The van der Waals surface area contributed by atoms with Crippen LogP contribution >= 0.6 is 27.3 Å². The van der Waals surface area contributed by atoms with Crippen LogP contribution in [-0.4, -0.2) is 8.42 Å². The maximum atomic E-state index is 13.3. The van der Waals surface area contributed by atoms with E-state index in [1.807, 2.05) is 19.9 Å². The summed E-state index contributed by atoms with van der Waals surface area (Å²) < 4.78 is 40.3. The summed E-state index contributed by atoms with van der Waals surface area (Å²) in [6.07, 6.45) is 0. The van der Waals surface area contributed by atoms with Crippen LogP contribution < -0.4 is 10.5 Å². The first kappa shape index (κ1) is 16.4. The minimum Gasteiger partial charge on any atom is -0.398 e. The van der Waals surface area contributed by atoms with Crippen LogP contribution in [0.5, 0.6) is 0 Å². The van der Waals surface area contributed by atoms with Gasteiger partial charge >= 0.3 is 0 Å². The van der Waals surface area contributed by atoms with Gasteiger partial charge in [0, 0.05) is 16.3 Å². The molecular formula is C13H14BrFN2O2S2. The Morgan fingerprint density at radius 3 is 2.57 bits per heavy atom. The number of nitrogens with two attached hydrogens (primary N) is 1. The van der Waals surface area contributed by atoms with E-state index >= 15 is 0 Å². The molecule has 1 heterocycles. The van der Waals surface area contributed by atoms with Gasteiger partial charge in [0.15, 0.2) is 0 Å². The first-order valence-electron chi connectivity index (χ1n) is 6.01. The molecule has 1 aromatic heterocycles. The quantitative estimate of drug-likeness (QED) is 0.783. The molecule has 0 bridgehead atoms. The van der Waals surface area contributed by atoms with E-state index < -0.39 is 15.8 Å². The molecule has 8 heteroatoms. The Balaban J connectivity index is 2.24. The molecule has 0 fully saturated rings. The Bertz CT molecular complexity index is 768. The third-order valence-electron chi connectivity index (χ3n) is 3.00. The van der Waals surface area contributed by atoms with Crippen molar-refractivity contribution in [1.29, 1.82) is 0 Å². The zero-order chi connectivity index (χ0) is 15.8. The first-order valence-corrected chi connectivity index (χ1v) is 9.10. The van der Waals surface area contributed by atoms with E-state index in [4.69, 9.17) is 5.73 Å². The highest BCUT2D eigenvalue weighted by Crippen LogP contribution is 2.27. The summed E-state index contributed by atoms with van der Waals surface area (Å²) in [4.78, 5) is 1.92. The van der Waals surface area contributed by atoms with Crippen molar-refractivity contribution >= 4 is 43.0 Å². The molecule has 1 aromatic carbocycles. The molecule has 2 rings (SSSR count). The summed E-state index contributed by atoms with van der Waals surface area (Å²) >= 11 is 4.49. The fraction of sp³-hybridized carbons (Fsp3) is 0.231. The number of halogens is 2. The molecule has 0 atom stereocenters. The average molecular weight is 393 g/mol. The molecule has 2 aromatic rings. The molecule has 0 saturated carbocycles. The predicted octanol–water partition coefficient (Wildman–Crippen LogP) is 3.33. The molecule has 0 aliphatic heterocycles. The smallest absolute Gasteiger partial charge is 0.242 e. The lowest BCUT2D eigenvalue weighted by atomic mass is 10.3. The Kier molecular flexibility index (Phi) is 4.72. The Hall–Kier alpha value is -0.960. The third kappa shape index (κ3) is 3.63. The van der Waals surface area contributed by atoms with Crippen LogP contribution in [0, 0.1) is 19.7 Å². The normalized spacial score (nSPS) is 11.8. The van der Waals surface area contributed by atoms with Crippen LogP contribution in [0.1, 0.15) is 15.3 Å². The first-order chi connectivity index (χ1) is 9.70. The predicted molar refractivity (Wildman–Crippen MR) is 86.3 cm³/mol. The van der Waals surface area contributed by atoms with Gasteiger partial charge in [-0.3, -0.25) is 0 Å². The van der Waals surface area contributed by atoms with Crippen molar-refractivity contribution in [1.82, 2.24) is 4.72 Å². The van der Waals surface area contributed by atoms with Crippen molar-refractivity contribution in [2.24, 2.45) is 0 Å². The Morgan fingerprint density at radius 1 is 1.33 bits per heavy atom. The second kappa shape index (κ2) is 6.04. The fourth-order valence-corrected chi connectivity index (χ4v) is 4.48. The Labute approximate surface area is 135 Å². The number of hydrogen-bond acceptors (Lipinski definition) is 4. The summed E-state index contributed by atoms with van der Waals surface area (Å²) in [7, 11) is -3.80. The molecule has 0 spiro atoms. The fourth-order valence-electron chi connectivity index (χ4n) is 1.76. The number of nitrogen functional groups attached to an aromatic ring is 1. The number of rotatable bonds is 4. The standard InChI is InChI=1S/C13H14BrFN2O2S2/c1-7-3-9(20-8(7)2)6-17-21(18,19)13-4-10(14)11(15)5-12(13)16/h3-5,17H,6,16H2,1-2H3. The van der Waals surface area contributed by atoms with E-state index in [-0.39, 0.29) is 21.6 Å². The van der Waals surface area contributed by atoms with E-state index in [0.717, 1.165) is 27.5 Å². The number of benzene rings is 1. The van der Waals surface area contributed by atoms with Gasteiger partial charge in [0.05, 0.1) is 10.2 Å². The van der Waals surface area contributed by atoms with Crippen molar-refractivity contribution in [3.05, 3.63) is 43.8 Å². The molecule has 0 aliphatic rings. The number of thiophene rings is 1. The molecule has 3 N–H and O–H groups in total. The van der Waals surface area contributed by atoms with E-state index in [0.29, 0.717) is 0 Å². The van der Waals surface area contributed by atoms with Gasteiger partial charge in [0.25, 0.3) is 0 Å². The van der Waals surface area contributed by atoms with Crippen LogP contribution in [0.15, 0.2) is 27.6 Å². The summed E-state index contributed by atoms with van der Waals surface area (Å²) in [5.41, 5.74) is 6.60. The van der Waals surface area contributed by atoms with Gasteiger partial charge in [-0.05, 0) is 53.5 Å². The maximum absolute atomic E-state index is 13.3. The van der Waals surface area contributed by atoms with Crippen molar-refractivity contribution in [2.75, 3.05) is 5.73 Å². The number of aryl methyl sites for hydroxylation is 2.